The van der Waals surface area contributed by atoms with Crippen LogP contribution in [0.5, 0.6) is 0 Å². The fraction of sp³-hybridized carbons (Fsp3) is 1.00. The fourth-order valence-corrected chi connectivity index (χ4v) is 0. The minimum Gasteiger partial charge on any atom is -0.305 e. The molecular weight excluding hydrogens is 300 g/mol. The normalized spacial score (nSPS) is 7.20. The average Bonchev–Trinajstić information content (AvgIpc) is 1.35. The smallest absolute Gasteiger partial charge is 0.221 e. The summed E-state index contributed by atoms with van der Waals surface area (Å²) in [7, 11) is 5.42. The molecule has 64 valence electrons. The van der Waals surface area contributed by atoms with Gasteiger partial charge in [-0.2, -0.15) is 4.39 Å². The van der Waals surface area contributed by atoms with E-state index in [0.29, 0.717) is 4.48 Å². The van der Waals surface area contributed by atoms with Gasteiger partial charge in [-0.25, -0.2) is 0 Å². The first-order valence-electron chi connectivity index (χ1n) is 1.93. The molecule has 6 heteroatoms. The largest absolute Gasteiger partial charge is 0.305 e. The van der Waals surface area contributed by atoms with E-state index < -0.39 is 0 Å². The minimum atomic E-state index is -0.292. The number of halogens is 4. The Labute approximate surface area is 101 Å². The zero-order chi connectivity index (χ0) is 5.21. The van der Waals surface area contributed by atoms with Crippen LogP contribution in [0.2, 0.25) is 0 Å². The first-order valence-corrected chi connectivity index (χ1v) is 1.93. The Morgan fingerprint density at radius 3 is 1.10 bits per heavy atom. The van der Waals surface area contributed by atoms with Crippen LogP contribution in [0.4, 0.5) is 4.39 Å². The minimum absolute atomic E-state index is 0. The van der Waals surface area contributed by atoms with Crippen LogP contribution in [0, 0.1) is 0 Å². The van der Waals surface area contributed by atoms with Crippen LogP contribution in [-0.4, -0.2) is 32.4 Å². The molecule has 0 bridgehead atoms. The molecule has 0 fully saturated rings. The predicted octanol–water partition coefficient (Wildman–Crippen LogP) is 1.88. The zero-order valence-electron chi connectivity index (χ0n) is 6.46. The molecule has 0 rings (SSSR count). The van der Waals surface area contributed by atoms with Crippen LogP contribution in [-0.2, 0) is 27.3 Å². The molecule has 0 atom stereocenters. The molecule has 0 saturated heterocycles. The van der Waals surface area contributed by atoms with Crippen molar-refractivity contribution in [1.29, 1.82) is 0 Å². The third-order valence-electron chi connectivity index (χ3n) is 0.359. The van der Waals surface area contributed by atoms with E-state index in [9.17, 15) is 4.39 Å². The molecule has 0 unspecified atom stereocenters. The Morgan fingerprint density at radius 1 is 1.00 bits per heavy atom. The molecule has 0 aromatic heterocycles. The van der Waals surface area contributed by atoms with Gasteiger partial charge >= 0.3 is 0 Å². The second-order valence-electron chi connectivity index (χ2n) is 2.41. The van der Waals surface area contributed by atoms with E-state index >= 15 is 0 Å². The Balaban J connectivity index is -0.0000000208. The summed E-state index contributed by atoms with van der Waals surface area (Å²) in [6, 6.07) is 0. The van der Waals surface area contributed by atoms with Crippen molar-refractivity contribution in [2.45, 2.75) is 0 Å². The molecular formula is C4H14CdCl3FN+. The Morgan fingerprint density at radius 2 is 1.10 bits per heavy atom. The number of quaternary nitrogens is 1. The molecule has 0 aliphatic rings. The van der Waals surface area contributed by atoms with Crippen molar-refractivity contribution in [2.75, 3.05) is 27.9 Å². The average molecular weight is 314 g/mol. The van der Waals surface area contributed by atoms with Gasteiger partial charge in [-0.05, 0) is 0 Å². The third-order valence-corrected chi connectivity index (χ3v) is 0.359. The van der Waals surface area contributed by atoms with Crippen LogP contribution >= 0.6 is 37.2 Å². The van der Waals surface area contributed by atoms with Crippen LogP contribution < -0.4 is 0 Å². The summed E-state index contributed by atoms with van der Waals surface area (Å²) in [6.07, 6.45) is 0. The van der Waals surface area contributed by atoms with E-state index in [1.165, 1.54) is 0 Å². The van der Waals surface area contributed by atoms with Gasteiger partial charge in [-0.15, -0.1) is 37.2 Å². The maximum Gasteiger partial charge on any atom is 0.221 e. The van der Waals surface area contributed by atoms with Crippen molar-refractivity contribution < 1.29 is 36.2 Å². The van der Waals surface area contributed by atoms with Gasteiger partial charge in [-0.1, -0.05) is 0 Å². The molecule has 0 radical (unpaired) electrons. The monoisotopic (exact) mass is 314 g/mol. The van der Waals surface area contributed by atoms with Crippen LogP contribution in [0.1, 0.15) is 0 Å². The van der Waals surface area contributed by atoms with Gasteiger partial charge < -0.3 is 4.48 Å². The molecule has 0 N–H and O–H groups in total. The summed E-state index contributed by atoms with van der Waals surface area (Å²) in [5.74, 6) is 0. The van der Waals surface area contributed by atoms with Gasteiger partial charge in [0.25, 0.3) is 0 Å². The van der Waals surface area contributed by atoms with Crippen LogP contribution in [0.25, 0.3) is 0 Å². The number of alkyl halides is 1. The second-order valence-corrected chi connectivity index (χ2v) is 2.41. The van der Waals surface area contributed by atoms with Crippen molar-refractivity contribution in [3.63, 3.8) is 0 Å². The summed E-state index contributed by atoms with van der Waals surface area (Å²) in [4.78, 5) is 0. The van der Waals surface area contributed by atoms with E-state index in [0.717, 1.165) is 0 Å². The van der Waals surface area contributed by atoms with Gasteiger partial charge in [0.15, 0.2) is 0 Å². The van der Waals surface area contributed by atoms with Gasteiger partial charge in [-0.3, -0.25) is 0 Å². The molecule has 0 amide bonds. The van der Waals surface area contributed by atoms with Crippen molar-refractivity contribution in [3.05, 3.63) is 0 Å². The summed E-state index contributed by atoms with van der Waals surface area (Å²) in [6.45, 7) is -0.292. The van der Waals surface area contributed by atoms with E-state index in [-0.39, 0.29) is 71.3 Å². The topological polar surface area (TPSA) is 0 Å². The molecule has 1 nitrogen and oxygen atoms in total. The van der Waals surface area contributed by atoms with E-state index in [1.54, 1.807) is 21.1 Å². The quantitative estimate of drug-likeness (QED) is 0.394. The maximum absolute atomic E-state index is 11.5. The number of rotatable bonds is 1. The first kappa shape index (κ1) is 29.9. The second kappa shape index (κ2) is 13.3. The Kier molecular flexibility index (Phi) is 39.7. The van der Waals surface area contributed by atoms with Crippen LogP contribution in [0.3, 0.4) is 0 Å². The summed E-state index contributed by atoms with van der Waals surface area (Å²) in [5, 5.41) is 0. The fourth-order valence-electron chi connectivity index (χ4n) is 0. The molecule has 0 saturated carbocycles. The number of nitrogens with zero attached hydrogens (tertiary/aromatic N) is 1. The maximum atomic E-state index is 11.5. The van der Waals surface area contributed by atoms with Crippen molar-refractivity contribution in [3.8, 4) is 0 Å². The van der Waals surface area contributed by atoms with Gasteiger partial charge in [0.05, 0.1) is 21.1 Å². The van der Waals surface area contributed by atoms with Crippen molar-refractivity contribution >= 4 is 37.2 Å². The first-order chi connectivity index (χ1) is 2.56. The van der Waals surface area contributed by atoms with Crippen LogP contribution in [0.15, 0.2) is 0 Å². The molecule has 0 aromatic carbocycles. The standard InChI is InChI=1S/C4H11FN.Cd.3ClH/c1-6(2,3)4-5;;;;/h4H2,1-3H3;;3*1H/q+1;;;;. The van der Waals surface area contributed by atoms with Gasteiger partial charge in [0.1, 0.15) is 0 Å². The van der Waals surface area contributed by atoms with E-state index in [2.05, 4.69) is 0 Å². The van der Waals surface area contributed by atoms with E-state index in [1.807, 2.05) is 0 Å². The van der Waals surface area contributed by atoms with E-state index in [4.69, 9.17) is 0 Å². The number of hydrogen-bond donors (Lipinski definition) is 0. The third kappa shape index (κ3) is 33.3. The summed E-state index contributed by atoms with van der Waals surface area (Å²) in [5.41, 5.74) is 0. The van der Waals surface area contributed by atoms with Crippen molar-refractivity contribution in [1.82, 2.24) is 0 Å². The molecule has 0 heterocycles. The molecule has 0 aromatic rings. The van der Waals surface area contributed by atoms with Gasteiger partial charge in [0, 0.05) is 27.3 Å². The Hall–Kier alpha value is 1.68. The van der Waals surface area contributed by atoms with Crippen molar-refractivity contribution in [2.24, 2.45) is 0 Å². The Bertz CT molecular complexity index is 50.3. The van der Waals surface area contributed by atoms with Gasteiger partial charge in [0.2, 0.25) is 6.80 Å². The molecule has 0 aliphatic carbocycles. The SMILES string of the molecule is C[N+](C)(C)CF.Cl.Cl.Cl.[Cd]. The number of hydrogen-bond acceptors (Lipinski definition) is 0. The molecule has 10 heavy (non-hydrogen) atoms. The molecule has 0 spiro atoms. The molecule has 0 aliphatic heterocycles. The predicted molar refractivity (Wildman–Crippen MR) is 45.8 cm³/mol. The summed E-state index contributed by atoms with van der Waals surface area (Å²) >= 11 is 0. The summed E-state index contributed by atoms with van der Waals surface area (Å²) < 4.78 is 11.9. The zero-order valence-corrected chi connectivity index (χ0v) is 12.9.